The number of hydrogen-bond donors (Lipinski definition) is 0. The Balaban J connectivity index is 1.38. The summed E-state index contributed by atoms with van der Waals surface area (Å²) >= 11 is 0. The van der Waals surface area contributed by atoms with Crippen molar-refractivity contribution in [3.05, 3.63) is 35.9 Å². The highest BCUT2D eigenvalue weighted by molar-refractivity contribution is 5.95. The molecule has 0 aliphatic carbocycles. The maximum Gasteiger partial charge on any atom is 0.253 e. The van der Waals surface area contributed by atoms with Crippen LogP contribution in [0.4, 0.5) is 0 Å². The van der Waals surface area contributed by atoms with Gasteiger partial charge in [-0.3, -0.25) is 14.5 Å². The zero-order valence-corrected chi connectivity index (χ0v) is 14.3. The van der Waals surface area contributed by atoms with Crippen LogP contribution in [-0.2, 0) is 4.79 Å². The second-order valence-electron chi connectivity index (χ2n) is 7.69. The highest BCUT2D eigenvalue weighted by Gasteiger charge is 2.54. The van der Waals surface area contributed by atoms with Gasteiger partial charge in [0.25, 0.3) is 5.91 Å². The molecule has 4 rings (SSSR count). The minimum absolute atomic E-state index is 0.00271. The molecule has 3 fully saturated rings. The number of carbonyl (C=O) groups is 2. The summed E-state index contributed by atoms with van der Waals surface area (Å²) in [7, 11) is 2.05. The molecule has 3 aliphatic rings. The molecule has 0 radical (unpaired) electrons. The van der Waals surface area contributed by atoms with Gasteiger partial charge in [0.15, 0.2) is 0 Å². The van der Waals surface area contributed by atoms with E-state index in [2.05, 4.69) is 11.9 Å². The van der Waals surface area contributed by atoms with Crippen LogP contribution in [0, 0.1) is 5.41 Å². The van der Waals surface area contributed by atoms with Crippen molar-refractivity contribution in [3.8, 4) is 0 Å². The van der Waals surface area contributed by atoms with Gasteiger partial charge < -0.3 is 9.80 Å². The summed E-state index contributed by atoms with van der Waals surface area (Å²) in [5.41, 5.74) is 0.864. The number of likely N-dealkylation sites (N-methyl/N-ethyl adjacent to an activating group) is 1. The summed E-state index contributed by atoms with van der Waals surface area (Å²) in [6.07, 6.45) is 3.15. The number of hydrogen-bond acceptors (Lipinski definition) is 3. The van der Waals surface area contributed by atoms with Gasteiger partial charge in [0.2, 0.25) is 5.91 Å². The topological polar surface area (TPSA) is 43.9 Å². The van der Waals surface area contributed by atoms with Gasteiger partial charge in [-0.25, -0.2) is 0 Å². The van der Waals surface area contributed by atoms with Crippen LogP contribution < -0.4 is 0 Å². The fourth-order valence-electron chi connectivity index (χ4n) is 4.59. The summed E-state index contributed by atoms with van der Waals surface area (Å²) in [5, 5.41) is 0. The number of nitrogens with zero attached hydrogens (tertiary/aromatic N) is 3. The van der Waals surface area contributed by atoms with E-state index in [1.807, 2.05) is 40.1 Å². The third kappa shape index (κ3) is 2.61. The standard InChI is InChI=1S/C19H25N3O2/c1-20-12-19(11-16(20)18(24)21-9-5-6-10-21)13-22(14-19)17(23)15-7-3-2-4-8-15/h2-4,7-8,16H,5-6,9-14H2,1H3. The van der Waals surface area contributed by atoms with Crippen molar-refractivity contribution >= 4 is 11.8 Å². The molecule has 3 heterocycles. The molecule has 1 aromatic rings. The minimum Gasteiger partial charge on any atom is -0.341 e. The second kappa shape index (κ2) is 5.88. The van der Waals surface area contributed by atoms with Crippen molar-refractivity contribution in [2.24, 2.45) is 5.41 Å². The van der Waals surface area contributed by atoms with E-state index in [0.717, 1.165) is 57.5 Å². The minimum atomic E-state index is -0.00271. The lowest BCUT2D eigenvalue weighted by atomic mass is 9.77. The van der Waals surface area contributed by atoms with Gasteiger partial charge in [-0.1, -0.05) is 18.2 Å². The molecule has 1 atom stereocenters. The highest BCUT2D eigenvalue weighted by Crippen LogP contribution is 2.43. The number of benzene rings is 1. The largest absolute Gasteiger partial charge is 0.341 e. The summed E-state index contributed by atoms with van der Waals surface area (Å²) in [6.45, 7) is 4.28. The maximum absolute atomic E-state index is 12.7. The van der Waals surface area contributed by atoms with E-state index in [1.54, 1.807) is 0 Å². The molecular formula is C19H25N3O2. The molecule has 3 saturated heterocycles. The SMILES string of the molecule is CN1CC2(CC1C(=O)N1CCCC1)CN(C(=O)c1ccccc1)C2. The van der Waals surface area contributed by atoms with Crippen LogP contribution in [-0.4, -0.2) is 72.3 Å². The van der Waals surface area contributed by atoms with Gasteiger partial charge in [-0.15, -0.1) is 0 Å². The predicted octanol–water partition coefficient (Wildman–Crippen LogP) is 1.46. The molecule has 0 N–H and O–H groups in total. The highest BCUT2D eigenvalue weighted by atomic mass is 16.2. The van der Waals surface area contributed by atoms with Crippen molar-refractivity contribution in [2.75, 3.05) is 39.8 Å². The Bertz CT molecular complexity index is 633. The Kier molecular flexibility index (Phi) is 3.83. The molecule has 3 aliphatic heterocycles. The van der Waals surface area contributed by atoms with Crippen LogP contribution >= 0.6 is 0 Å². The third-order valence-electron chi connectivity index (χ3n) is 5.81. The fourth-order valence-corrected chi connectivity index (χ4v) is 4.59. The Hall–Kier alpha value is -1.88. The van der Waals surface area contributed by atoms with Crippen molar-refractivity contribution < 1.29 is 9.59 Å². The first-order valence-electron chi connectivity index (χ1n) is 8.91. The molecule has 24 heavy (non-hydrogen) atoms. The van der Waals surface area contributed by atoms with E-state index in [-0.39, 0.29) is 17.4 Å². The predicted molar refractivity (Wildman–Crippen MR) is 91.6 cm³/mol. The second-order valence-corrected chi connectivity index (χ2v) is 7.69. The quantitative estimate of drug-likeness (QED) is 0.826. The molecule has 1 aromatic carbocycles. The molecule has 1 spiro atoms. The van der Waals surface area contributed by atoms with Crippen molar-refractivity contribution in [2.45, 2.75) is 25.3 Å². The summed E-state index contributed by atoms with van der Waals surface area (Å²) in [4.78, 5) is 31.4. The lowest BCUT2D eigenvalue weighted by molar-refractivity contribution is -0.134. The summed E-state index contributed by atoms with van der Waals surface area (Å²) in [6, 6.07) is 9.46. The number of amides is 2. The van der Waals surface area contributed by atoms with E-state index >= 15 is 0 Å². The Morgan fingerprint density at radius 3 is 2.33 bits per heavy atom. The molecule has 0 bridgehead atoms. The lowest BCUT2D eigenvalue weighted by Gasteiger charge is -2.48. The lowest BCUT2D eigenvalue weighted by Crippen LogP contribution is -2.59. The number of rotatable bonds is 2. The smallest absolute Gasteiger partial charge is 0.253 e. The van der Waals surface area contributed by atoms with Crippen molar-refractivity contribution in [3.63, 3.8) is 0 Å². The van der Waals surface area contributed by atoms with Gasteiger partial charge in [-0.2, -0.15) is 0 Å². The van der Waals surface area contributed by atoms with Crippen LogP contribution in [0.5, 0.6) is 0 Å². The molecule has 1 unspecified atom stereocenters. The van der Waals surface area contributed by atoms with Crippen LogP contribution in [0.25, 0.3) is 0 Å². The van der Waals surface area contributed by atoms with Gasteiger partial charge >= 0.3 is 0 Å². The molecular weight excluding hydrogens is 302 g/mol. The maximum atomic E-state index is 12.7. The monoisotopic (exact) mass is 327 g/mol. The third-order valence-corrected chi connectivity index (χ3v) is 5.81. The van der Waals surface area contributed by atoms with E-state index < -0.39 is 0 Å². The molecule has 5 nitrogen and oxygen atoms in total. The van der Waals surface area contributed by atoms with Crippen molar-refractivity contribution in [1.29, 1.82) is 0 Å². The van der Waals surface area contributed by atoms with Gasteiger partial charge in [0, 0.05) is 43.7 Å². The first kappa shape index (κ1) is 15.6. The Labute approximate surface area is 143 Å². The Morgan fingerprint density at radius 2 is 1.67 bits per heavy atom. The summed E-state index contributed by atoms with van der Waals surface area (Å²) in [5.74, 6) is 0.401. The van der Waals surface area contributed by atoms with E-state index in [4.69, 9.17) is 0 Å². The fraction of sp³-hybridized carbons (Fsp3) is 0.579. The van der Waals surface area contributed by atoms with Crippen molar-refractivity contribution in [1.82, 2.24) is 14.7 Å². The van der Waals surface area contributed by atoms with Gasteiger partial charge in [0.05, 0.1) is 6.04 Å². The Morgan fingerprint density at radius 1 is 1.00 bits per heavy atom. The van der Waals surface area contributed by atoms with E-state index in [9.17, 15) is 9.59 Å². The van der Waals surface area contributed by atoms with Gasteiger partial charge in [-0.05, 0) is 38.4 Å². The van der Waals surface area contributed by atoms with Crippen LogP contribution in [0.15, 0.2) is 30.3 Å². The van der Waals surface area contributed by atoms with Crippen LogP contribution in [0.3, 0.4) is 0 Å². The molecule has 0 saturated carbocycles. The molecule has 2 amide bonds. The average Bonchev–Trinajstić information content (AvgIpc) is 3.21. The van der Waals surface area contributed by atoms with Crippen LogP contribution in [0.1, 0.15) is 29.6 Å². The zero-order chi connectivity index (χ0) is 16.7. The number of likely N-dealkylation sites (tertiary alicyclic amines) is 3. The zero-order valence-electron chi connectivity index (χ0n) is 14.3. The van der Waals surface area contributed by atoms with Crippen LogP contribution in [0.2, 0.25) is 0 Å². The normalized spacial score (nSPS) is 26.0. The molecule has 128 valence electrons. The molecule has 5 heteroatoms. The first-order chi connectivity index (χ1) is 11.6. The molecule has 0 aromatic heterocycles. The average molecular weight is 327 g/mol. The first-order valence-corrected chi connectivity index (χ1v) is 8.91. The van der Waals surface area contributed by atoms with E-state index in [1.165, 1.54) is 0 Å². The summed E-state index contributed by atoms with van der Waals surface area (Å²) < 4.78 is 0. The van der Waals surface area contributed by atoms with Gasteiger partial charge in [0.1, 0.15) is 0 Å². The van der Waals surface area contributed by atoms with E-state index in [0.29, 0.717) is 5.91 Å². The number of carbonyl (C=O) groups excluding carboxylic acids is 2.